The first-order valence-electron chi connectivity index (χ1n) is 7.97. The highest BCUT2D eigenvalue weighted by Gasteiger charge is 2.22. The minimum Gasteiger partial charge on any atom is -0.493 e. The van der Waals surface area contributed by atoms with E-state index in [9.17, 15) is 4.79 Å². The summed E-state index contributed by atoms with van der Waals surface area (Å²) in [7, 11) is 3.25. The molecule has 0 unspecified atom stereocenters. The third-order valence-corrected chi connectivity index (χ3v) is 4.31. The normalized spacial score (nSPS) is 13.2. The SMILES string of the molecule is COc1cc2c(cc1OC)CN(C(=O)Nc1ccc(C)cc1)CC2. The Kier molecular flexibility index (Phi) is 4.60. The van der Waals surface area contributed by atoms with Gasteiger partial charge in [0.1, 0.15) is 0 Å². The Labute approximate surface area is 142 Å². The molecule has 0 atom stereocenters. The van der Waals surface area contributed by atoms with Crippen LogP contribution in [0.3, 0.4) is 0 Å². The summed E-state index contributed by atoms with van der Waals surface area (Å²) in [4.78, 5) is 14.3. The second-order valence-electron chi connectivity index (χ2n) is 5.94. The number of urea groups is 1. The number of fused-ring (bicyclic) bond motifs is 1. The fourth-order valence-electron chi connectivity index (χ4n) is 2.90. The van der Waals surface area contributed by atoms with E-state index < -0.39 is 0 Å². The summed E-state index contributed by atoms with van der Waals surface area (Å²) >= 11 is 0. The van der Waals surface area contributed by atoms with Gasteiger partial charge >= 0.3 is 6.03 Å². The van der Waals surface area contributed by atoms with Crippen molar-refractivity contribution in [2.24, 2.45) is 0 Å². The zero-order valence-electron chi connectivity index (χ0n) is 14.3. The van der Waals surface area contributed by atoms with Gasteiger partial charge in [-0.1, -0.05) is 17.7 Å². The number of methoxy groups -OCH3 is 2. The molecule has 1 heterocycles. The molecule has 5 heteroatoms. The van der Waals surface area contributed by atoms with Crippen LogP contribution in [-0.4, -0.2) is 31.7 Å². The molecule has 1 aliphatic heterocycles. The maximum atomic E-state index is 12.5. The summed E-state index contributed by atoms with van der Waals surface area (Å²) in [5.74, 6) is 1.42. The van der Waals surface area contributed by atoms with Gasteiger partial charge in [0.2, 0.25) is 0 Å². The molecule has 5 nitrogen and oxygen atoms in total. The number of ether oxygens (including phenoxy) is 2. The van der Waals surface area contributed by atoms with Crippen LogP contribution in [0.4, 0.5) is 10.5 Å². The summed E-state index contributed by atoms with van der Waals surface area (Å²) in [5.41, 5.74) is 4.27. The molecule has 0 saturated heterocycles. The van der Waals surface area contributed by atoms with E-state index in [1.54, 1.807) is 14.2 Å². The van der Waals surface area contributed by atoms with Crippen molar-refractivity contribution in [1.29, 1.82) is 0 Å². The number of amides is 2. The number of anilines is 1. The molecule has 2 aromatic carbocycles. The Morgan fingerprint density at radius 1 is 1.04 bits per heavy atom. The monoisotopic (exact) mass is 326 g/mol. The van der Waals surface area contributed by atoms with E-state index in [1.165, 1.54) is 11.1 Å². The minimum absolute atomic E-state index is 0.0840. The van der Waals surface area contributed by atoms with Gasteiger partial charge in [-0.25, -0.2) is 4.79 Å². The van der Waals surface area contributed by atoms with Crippen LogP contribution in [0.15, 0.2) is 36.4 Å². The molecule has 3 rings (SSSR count). The van der Waals surface area contributed by atoms with Gasteiger partial charge in [0.25, 0.3) is 0 Å². The van der Waals surface area contributed by atoms with Crippen LogP contribution in [0.1, 0.15) is 16.7 Å². The van der Waals surface area contributed by atoms with Crippen molar-refractivity contribution in [3.8, 4) is 11.5 Å². The highest BCUT2D eigenvalue weighted by Crippen LogP contribution is 2.33. The number of hydrogen-bond acceptors (Lipinski definition) is 3. The molecule has 0 spiro atoms. The average molecular weight is 326 g/mol. The summed E-state index contributed by atoms with van der Waals surface area (Å²) < 4.78 is 10.7. The molecule has 0 bridgehead atoms. The summed E-state index contributed by atoms with van der Waals surface area (Å²) in [6.07, 6.45) is 0.803. The topological polar surface area (TPSA) is 50.8 Å². The van der Waals surface area contributed by atoms with Gasteiger partial charge < -0.3 is 19.7 Å². The number of nitrogens with one attached hydrogen (secondary N) is 1. The van der Waals surface area contributed by atoms with Crippen molar-refractivity contribution >= 4 is 11.7 Å². The van der Waals surface area contributed by atoms with Crippen molar-refractivity contribution in [2.75, 3.05) is 26.1 Å². The Hall–Kier alpha value is -2.69. The number of rotatable bonds is 3. The Morgan fingerprint density at radius 3 is 2.29 bits per heavy atom. The molecular weight excluding hydrogens is 304 g/mol. The largest absolute Gasteiger partial charge is 0.493 e. The fourth-order valence-corrected chi connectivity index (χ4v) is 2.90. The van der Waals surface area contributed by atoms with Gasteiger partial charge in [0.05, 0.1) is 14.2 Å². The Bertz CT molecular complexity index is 741. The third kappa shape index (κ3) is 3.30. The maximum Gasteiger partial charge on any atom is 0.322 e. The van der Waals surface area contributed by atoms with Crippen molar-refractivity contribution in [3.05, 3.63) is 53.1 Å². The van der Waals surface area contributed by atoms with Crippen LogP contribution >= 0.6 is 0 Å². The van der Waals surface area contributed by atoms with Gasteiger partial charge in [-0.2, -0.15) is 0 Å². The van der Waals surface area contributed by atoms with E-state index >= 15 is 0 Å². The quantitative estimate of drug-likeness (QED) is 0.937. The zero-order valence-corrected chi connectivity index (χ0v) is 14.3. The molecule has 0 aromatic heterocycles. The van der Waals surface area contributed by atoms with Crippen molar-refractivity contribution in [2.45, 2.75) is 19.9 Å². The molecule has 1 aliphatic rings. The third-order valence-electron chi connectivity index (χ3n) is 4.31. The lowest BCUT2D eigenvalue weighted by atomic mass is 9.99. The van der Waals surface area contributed by atoms with E-state index in [-0.39, 0.29) is 6.03 Å². The van der Waals surface area contributed by atoms with Crippen LogP contribution in [0.2, 0.25) is 0 Å². The smallest absolute Gasteiger partial charge is 0.322 e. The molecule has 1 N–H and O–H groups in total. The van der Waals surface area contributed by atoms with Crippen molar-refractivity contribution in [3.63, 3.8) is 0 Å². The van der Waals surface area contributed by atoms with Crippen LogP contribution in [0, 0.1) is 6.92 Å². The lowest BCUT2D eigenvalue weighted by Gasteiger charge is -2.29. The lowest BCUT2D eigenvalue weighted by molar-refractivity contribution is 0.206. The van der Waals surface area contributed by atoms with Gasteiger partial charge in [-0.05, 0) is 48.7 Å². The molecule has 2 aromatic rings. The Balaban J connectivity index is 1.74. The zero-order chi connectivity index (χ0) is 17.1. The molecule has 0 saturated carbocycles. The number of nitrogens with zero attached hydrogens (tertiary/aromatic N) is 1. The molecule has 0 radical (unpaired) electrons. The highest BCUT2D eigenvalue weighted by molar-refractivity contribution is 5.89. The van der Waals surface area contributed by atoms with E-state index in [0.717, 1.165) is 23.4 Å². The molecule has 126 valence electrons. The van der Waals surface area contributed by atoms with E-state index in [1.807, 2.05) is 48.2 Å². The maximum absolute atomic E-state index is 12.5. The summed E-state index contributed by atoms with van der Waals surface area (Å²) in [6.45, 7) is 3.27. The molecule has 2 amide bonds. The second-order valence-corrected chi connectivity index (χ2v) is 5.94. The Morgan fingerprint density at radius 2 is 1.67 bits per heavy atom. The standard InChI is InChI=1S/C19H22N2O3/c1-13-4-6-16(7-5-13)20-19(22)21-9-8-14-10-17(23-2)18(24-3)11-15(14)12-21/h4-7,10-11H,8-9,12H2,1-3H3,(H,20,22). The molecule has 0 aliphatic carbocycles. The van der Waals surface area contributed by atoms with Crippen molar-refractivity contribution < 1.29 is 14.3 Å². The number of aryl methyl sites for hydroxylation is 1. The fraction of sp³-hybridized carbons (Fsp3) is 0.316. The highest BCUT2D eigenvalue weighted by atomic mass is 16.5. The minimum atomic E-state index is -0.0840. The van der Waals surface area contributed by atoms with Crippen LogP contribution < -0.4 is 14.8 Å². The van der Waals surface area contributed by atoms with Crippen LogP contribution in [-0.2, 0) is 13.0 Å². The number of carbonyl (C=O) groups excluding carboxylic acids is 1. The summed E-state index contributed by atoms with van der Waals surface area (Å²) in [5, 5.41) is 2.95. The van der Waals surface area contributed by atoms with Gasteiger partial charge in [-0.15, -0.1) is 0 Å². The molecular formula is C19H22N2O3. The predicted octanol–water partition coefficient (Wildman–Crippen LogP) is 3.60. The lowest BCUT2D eigenvalue weighted by Crippen LogP contribution is -2.38. The van der Waals surface area contributed by atoms with Gasteiger partial charge in [0, 0.05) is 18.8 Å². The number of hydrogen-bond donors (Lipinski definition) is 1. The van der Waals surface area contributed by atoms with Gasteiger partial charge in [0.15, 0.2) is 11.5 Å². The molecule has 24 heavy (non-hydrogen) atoms. The summed E-state index contributed by atoms with van der Waals surface area (Å²) in [6, 6.07) is 11.7. The first-order chi connectivity index (χ1) is 11.6. The second kappa shape index (κ2) is 6.83. The predicted molar refractivity (Wildman–Crippen MR) is 93.9 cm³/mol. The average Bonchev–Trinajstić information content (AvgIpc) is 2.61. The van der Waals surface area contributed by atoms with Crippen molar-refractivity contribution in [1.82, 2.24) is 4.90 Å². The first-order valence-corrected chi connectivity index (χ1v) is 7.97. The molecule has 0 fully saturated rings. The number of benzene rings is 2. The van der Waals surface area contributed by atoms with E-state index in [4.69, 9.17) is 9.47 Å². The first kappa shape index (κ1) is 16.2. The van der Waals surface area contributed by atoms with Crippen LogP contribution in [0.25, 0.3) is 0 Å². The van der Waals surface area contributed by atoms with E-state index in [0.29, 0.717) is 18.8 Å². The van der Waals surface area contributed by atoms with E-state index in [2.05, 4.69) is 5.32 Å². The van der Waals surface area contributed by atoms with Crippen LogP contribution in [0.5, 0.6) is 11.5 Å². The number of carbonyl (C=O) groups is 1. The van der Waals surface area contributed by atoms with Gasteiger partial charge in [-0.3, -0.25) is 0 Å².